The summed E-state index contributed by atoms with van der Waals surface area (Å²) in [6.07, 6.45) is 0. The summed E-state index contributed by atoms with van der Waals surface area (Å²) in [4.78, 5) is 14.0. The van der Waals surface area contributed by atoms with Crippen molar-refractivity contribution in [1.29, 1.82) is 0 Å². The van der Waals surface area contributed by atoms with Crippen LogP contribution in [-0.2, 0) is 0 Å². The van der Waals surface area contributed by atoms with Gasteiger partial charge in [-0.1, -0.05) is 18.2 Å². The second-order valence-electron chi connectivity index (χ2n) is 3.73. The fraction of sp³-hybridized carbons (Fsp3) is 0.154. The molecule has 76 valence electrons. The molecule has 1 N–H and O–H groups in total. The molecule has 1 aromatic heterocycles. The van der Waals surface area contributed by atoms with Crippen LogP contribution in [0.15, 0.2) is 41.2 Å². The number of aromatic nitrogens is 1. The summed E-state index contributed by atoms with van der Waals surface area (Å²) in [7, 11) is 0. The molecule has 0 fully saturated rings. The fourth-order valence-electron chi connectivity index (χ4n) is 1.53. The molecule has 0 saturated carbocycles. The Morgan fingerprint density at radius 3 is 2.47 bits per heavy atom. The summed E-state index contributed by atoms with van der Waals surface area (Å²) in [5.74, 6) is 0. The van der Waals surface area contributed by atoms with Crippen LogP contribution in [0.25, 0.3) is 11.3 Å². The highest BCUT2D eigenvalue weighted by molar-refractivity contribution is 5.60. The molecule has 2 aromatic rings. The first-order valence-electron chi connectivity index (χ1n) is 4.94. The molecule has 0 radical (unpaired) electrons. The Labute approximate surface area is 88.6 Å². The van der Waals surface area contributed by atoms with Gasteiger partial charge in [-0.25, -0.2) is 0 Å². The second kappa shape index (κ2) is 3.73. The van der Waals surface area contributed by atoms with E-state index in [1.165, 1.54) is 17.2 Å². The predicted molar refractivity (Wildman–Crippen MR) is 62.0 cm³/mol. The van der Waals surface area contributed by atoms with Gasteiger partial charge in [0, 0.05) is 11.8 Å². The monoisotopic (exact) mass is 199 g/mol. The highest BCUT2D eigenvalue weighted by Gasteiger charge is 1.99. The van der Waals surface area contributed by atoms with E-state index in [0.29, 0.717) is 0 Å². The Hall–Kier alpha value is -1.83. The van der Waals surface area contributed by atoms with E-state index >= 15 is 0 Å². The summed E-state index contributed by atoms with van der Waals surface area (Å²) in [5, 5.41) is 0. The maximum atomic E-state index is 11.2. The molecule has 1 aromatic carbocycles. The van der Waals surface area contributed by atoms with E-state index in [0.717, 1.165) is 11.3 Å². The lowest BCUT2D eigenvalue weighted by Crippen LogP contribution is -2.03. The van der Waals surface area contributed by atoms with Crippen LogP contribution in [0.2, 0.25) is 0 Å². The molecular weight excluding hydrogens is 186 g/mol. The molecule has 0 saturated heterocycles. The maximum absolute atomic E-state index is 11.2. The van der Waals surface area contributed by atoms with Crippen LogP contribution >= 0.6 is 0 Å². The average Bonchev–Trinajstić information content (AvgIpc) is 2.22. The van der Waals surface area contributed by atoms with Crippen molar-refractivity contribution in [1.82, 2.24) is 4.98 Å². The standard InChI is InChI=1S/C13H13NO/c1-9-6-7-11(8-10(9)2)12-4-3-5-13(15)14-12/h3-8H,1-2H3,(H,14,15). The van der Waals surface area contributed by atoms with Gasteiger partial charge in [-0.15, -0.1) is 0 Å². The van der Waals surface area contributed by atoms with Crippen molar-refractivity contribution < 1.29 is 0 Å². The van der Waals surface area contributed by atoms with Crippen LogP contribution in [0.4, 0.5) is 0 Å². The van der Waals surface area contributed by atoms with Gasteiger partial charge < -0.3 is 4.98 Å². The molecule has 0 atom stereocenters. The van der Waals surface area contributed by atoms with E-state index in [2.05, 4.69) is 31.0 Å². The minimum absolute atomic E-state index is 0.0641. The Morgan fingerprint density at radius 2 is 1.80 bits per heavy atom. The van der Waals surface area contributed by atoms with E-state index < -0.39 is 0 Å². The smallest absolute Gasteiger partial charge is 0.248 e. The molecule has 0 bridgehead atoms. The molecule has 0 amide bonds. The summed E-state index contributed by atoms with van der Waals surface area (Å²) < 4.78 is 0. The number of rotatable bonds is 1. The van der Waals surface area contributed by atoms with Crippen molar-refractivity contribution in [3.63, 3.8) is 0 Å². The Balaban J connectivity index is 2.55. The summed E-state index contributed by atoms with van der Waals surface area (Å²) in [6.45, 7) is 4.15. The first kappa shape index (κ1) is 9.71. The van der Waals surface area contributed by atoms with E-state index in [4.69, 9.17) is 0 Å². The summed E-state index contributed by atoms with van der Waals surface area (Å²) in [6, 6.07) is 11.4. The topological polar surface area (TPSA) is 32.9 Å². The summed E-state index contributed by atoms with van der Waals surface area (Å²) >= 11 is 0. The van der Waals surface area contributed by atoms with E-state index in [1.807, 2.05) is 12.1 Å². The Morgan fingerprint density at radius 1 is 1.00 bits per heavy atom. The Bertz CT molecular complexity index is 540. The molecule has 1 heterocycles. The number of H-pyrrole nitrogens is 1. The Kier molecular flexibility index (Phi) is 2.42. The zero-order valence-electron chi connectivity index (χ0n) is 8.87. The van der Waals surface area contributed by atoms with Gasteiger partial charge in [0.15, 0.2) is 0 Å². The number of hydrogen-bond donors (Lipinski definition) is 1. The van der Waals surface area contributed by atoms with Crippen molar-refractivity contribution in [2.45, 2.75) is 13.8 Å². The average molecular weight is 199 g/mol. The lowest BCUT2D eigenvalue weighted by atomic mass is 10.0. The SMILES string of the molecule is Cc1ccc(-c2cccc(=O)[nH]2)cc1C. The van der Waals surface area contributed by atoms with Crippen molar-refractivity contribution >= 4 is 0 Å². The normalized spacial score (nSPS) is 10.3. The van der Waals surface area contributed by atoms with Crippen LogP contribution in [0.1, 0.15) is 11.1 Å². The zero-order chi connectivity index (χ0) is 10.8. The van der Waals surface area contributed by atoms with E-state index in [1.54, 1.807) is 6.07 Å². The van der Waals surface area contributed by atoms with Crippen LogP contribution in [0.3, 0.4) is 0 Å². The number of pyridine rings is 1. The van der Waals surface area contributed by atoms with Gasteiger partial charge in [-0.05, 0) is 42.7 Å². The third kappa shape index (κ3) is 1.99. The van der Waals surface area contributed by atoms with E-state index in [-0.39, 0.29) is 5.56 Å². The van der Waals surface area contributed by atoms with Gasteiger partial charge in [0.25, 0.3) is 0 Å². The highest BCUT2D eigenvalue weighted by atomic mass is 16.1. The molecule has 2 nitrogen and oxygen atoms in total. The molecular formula is C13H13NO. The second-order valence-corrected chi connectivity index (χ2v) is 3.73. The van der Waals surface area contributed by atoms with Gasteiger partial charge in [-0.2, -0.15) is 0 Å². The third-order valence-electron chi connectivity index (χ3n) is 2.59. The van der Waals surface area contributed by atoms with Crippen molar-refractivity contribution in [3.8, 4) is 11.3 Å². The van der Waals surface area contributed by atoms with Gasteiger partial charge >= 0.3 is 0 Å². The number of nitrogens with one attached hydrogen (secondary N) is 1. The van der Waals surface area contributed by atoms with Crippen molar-refractivity contribution in [2.75, 3.05) is 0 Å². The van der Waals surface area contributed by atoms with Crippen LogP contribution in [-0.4, -0.2) is 4.98 Å². The summed E-state index contributed by atoms with van der Waals surface area (Å²) in [5.41, 5.74) is 4.35. The van der Waals surface area contributed by atoms with Crippen LogP contribution < -0.4 is 5.56 Å². The van der Waals surface area contributed by atoms with Gasteiger partial charge in [0.1, 0.15) is 0 Å². The maximum Gasteiger partial charge on any atom is 0.248 e. The van der Waals surface area contributed by atoms with E-state index in [9.17, 15) is 4.79 Å². The number of hydrogen-bond acceptors (Lipinski definition) is 1. The van der Waals surface area contributed by atoms with Gasteiger partial charge in [-0.3, -0.25) is 4.79 Å². The van der Waals surface area contributed by atoms with Gasteiger partial charge in [0.2, 0.25) is 5.56 Å². The minimum atomic E-state index is -0.0641. The quantitative estimate of drug-likeness (QED) is 0.752. The fourth-order valence-corrected chi connectivity index (χ4v) is 1.53. The van der Waals surface area contributed by atoms with Crippen molar-refractivity contribution in [3.05, 3.63) is 57.9 Å². The first-order valence-corrected chi connectivity index (χ1v) is 4.94. The highest BCUT2D eigenvalue weighted by Crippen LogP contribution is 2.18. The van der Waals surface area contributed by atoms with Crippen LogP contribution in [0.5, 0.6) is 0 Å². The number of benzene rings is 1. The van der Waals surface area contributed by atoms with Gasteiger partial charge in [0.05, 0.1) is 0 Å². The molecule has 15 heavy (non-hydrogen) atoms. The van der Waals surface area contributed by atoms with Crippen molar-refractivity contribution in [2.24, 2.45) is 0 Å². The molecule has 0 aliphatic rings. The first-order chi connectivity index (χ1) is 7.16. The molecule has 0 aliphatic heterocycles. The van der Waals surface area contributed by atoms with Crippen LogP contribution in [0, 0.1) is 13.8 Å². The largest absolute Gasteiger partial charge is 0.322 e. The third-order valence-corrected chi connectivity index (χ3v) is 2.59. The lowest BCUT2D eigenvalue weighted by Gasteiger charge is -2.04. The molecule has 2 rings (SSSR count). The zero-order valence-corrected chi connectivity index (χ0v) is 8.87. The number of aryl methyl sites for hydroxylation is 2. The molecule has 0 unspecified atom stereocenters. The number of aromatic amines is 1. The molecule has 0 aliphatic carbocycles. The molecule has 0 spiro atoms. The minimum Gasteiger partial charge on any atom is -0.322 e. The lowest BCUT2D eigenvalue weighted by molar-refractivity contribution is 1.23. The predicted octanol–water partition coefficient (Wildman–Crippen LogP) is 2.66. The molecule has 2 heteroatoms.